The number of halogens is 4. The van der Waals surface area contributed by atoms with Crippen LogP contribution in [0.2, 0.25) is 0 Å². The Morgan fingerprint density at radius 2 is 1.71 bits per heavy atom. The van der Waals surface area contributed by atoms with E-state index in [-0.39, 0.29) is 5.56 Å². The van der Waals surface area contributed by atoms with E-state index in [2.05, 4.69) is 21.2 Å². The monoisotopic (exact) mass is 358 g/mol. The fraction of sp³-hybridized carbons (Fsp3) is 0.0714. The maximum absolute atomic E-state index is 13.1. The average Bonchev–Trinajstić information content (AvgIpc) is 2.39. The summed E-state index contributed by atoms with van der Waals surface area (Å²) in [5, 5.41) is 2.46. The zero-order valence-corrected chi connectivity index (χ0v) is 12.4. The van der Waals surface area contributed by atoms with Gasteiger partial charge in [-0.25, -0.2) is 13.2 Å². The third kappa shape index (κ3) is 3.18. The Labute approximate surface area is 127 Å². The lowest BCUT2D eigenvalue weighted by atomic mass is 10.1. The molecule has 2 rings (SSSR count). The molecule has 21 heavy (non-hydrogen) atoms. The summed E-state index contributed by atoms with van der Waals surface area (Å²) in [4.78, 5) is 12.0. The van der Waals surface area contributed by atoms with E-state index in [0.29, 0.717) is 29.1 Å². The van der Waals surface area contributed by atoms with Crippen molar-refractivity contribution in [1.29, 1.82) is 0 Å². The van der Waals surface area contributed by atoms with Crippen LogP contribution in [0.5, 0.6) is 0 Å². The number of benzene rings is 2. The molecule has 1 amide bonds. The smallest absolute Gasteiger partial charge is 0.255 e. The summed E-state index contributed by atoms with van der Waals surface area (Å²) in [6.45, 7) is 1.71. The van der Waals surface area contributed by atoms with E-state index in [1.54, 1.807) is 19.1 Å². The van der Waals surface area contributed by atoms with Gasteiger partial charge in [-0.3, -0.25) is 4.79 Å². The summed E-state index contributed by atoms with van der Waals surface area (Å²) in [6, 6.07) is 4.54. The first-order valence-electron chi connectivity index (χ1n) is 5.81. The molecular formula is C14H10BrF3N2O. The predicted molar refractivity (Wildman–Crippen MR) is 77.6 cm³/mol. The quantitative estimate of drug-likeness (QED) is 0.629. The molecule has 2 aromatic rings. The van der Waals surface area contributed by atoms with Crippen LogP contribution < -0.4 is 11.1 Å². The lowest BCUT2D eigenvalue weighted by molar-refractivity contribution is 0.102. The maximum Gasteiger partial charge on any atom is 0.255 e. The van der Waals surface area contributed by atoms with Crippen LogP contribution in [-0.2, 0) is 0 Å². The van der Waals surface area contributed by atoms with Crippen LogP contribution in [-0.4, -0.2) is 5.91 Å². The number of rotatable bonds is 2. The van der Waals surface area contributed by atoms with Crippen LogP contribution >= 0.6 is 15.9 Å². The molecule has 0 aliphatic heterocycles. The SMILES string of the molecule is Cc1cc(Br)cc(N)c1NC(=O)c1cc(F)c(F)c(F)c1. The van der Waals surface area contributed by atoms with E-state index in [4.69, 9.17) is 5.73 Å². The molecular weight excluding hydrogens is 349 g/mol. The van der Waals surface area contributed by atoms with Gasteiger partial charge in [-0.1, -0.05) is 15.9 Å². The second kappa shape index (κ2) is 5.77. The molecule has 0 radical (unpaired) electrons. The molecule has 0 saturated heterocycles. The van der Waals surface area contributed by atoms with Crippen LogP contribution in [0.4, 0.5) is 24.5 Å². The molecule has 0 spiro atoms. The molecule has 0 atom stereocenters. The number of nitrogens with two attached hydrogens (primary N) is 1. The molecule has 0 unspecified atom stereocenters. The highest BCUT2D eigenvalue weighted by Gasteiger charge is 2.16. The second-order valence-electron chi connectivity index (χ2n) is 4.39. The third-order valence-corrected chi connectivity index (χ3v) is 3.27. The molecule has 3 nitrogen and oxygen atoms in total. The van der Waals surface area contributed by atoms with Crippen LogP contribution in [0, 0.1) is 24.4 Å². The molecule has 0 aliphatic rings. The van der Waals surface area contributed by atoms with Gasteiger partial charge in [0.05, 0.1) is 11.4 Å². The molecule has 0 fully saturated rings. The maximum atomic E-state index is 13.1. The minimum Gasteiger partial charge on any atom is -0.397 e. The van der Waals surface area contributed by atoms with Gasteiger partial charge in [-0.2, -0.15) is 0 Å². The number of amides is 1. The molecule has 7 heteroatoms. The third-order valence-electron chi connectivity index (χ3n) is 2.82. The lowest BCUT2D eigenvalue weighted by Crippen LogP contribution is -2.15. The first-order chi connectivity index (χ1) is 9.79. The van der Waals surface area contributed by atoms with Crippen molar-refractivity contribution in [3.05, 3.63) is 57.3 Å². The predicted octanol–water partition coefficient (Wildman–Crippen LogP) is 4.01. The van der Waals surface area contributed by atoms with E-state index in [1.165, 1.54) is 0 Å². The Kier molecular flexibility index (Phi) is 4.22. The number of aryl methyl sites for hydroxylation is 1. The Morgan fingerprint density at radius 3 is 2.24 bits per heavy atom. The summed E-state index contributed by atoms with van der Waals surface area (Å²) in [6.07, 6.45) is 0. The number of carbonyl (C=O) groups excluding carboxylic acids is 1. The van der Waals surface area contributed by atoms with Gasteiger partial charge in [-0.15, -0.1) is 0 Å². The molecule has 0 bridgehead atoms. The minimum absolute atomic E-state index is 0.290. The van der Waals surface area contributed by atoms with E-state index in [0.717, 1.165) is 4.47 Å². The standard InChI is InChI=1S/C14H10BrF3N2O/c1-6-2-8(15)5-11(19)13(6)20-14(21)7-3-9(16)12(18)10(17)4-7/h2-5H,19H2,1H3,(H,20,21). The summed E-state index contributed by atoms with van der Waals surface area (Å²) in [5.74, 6) is -5.27. The first kappa shape index (κ1) is 15.4. The summed E-state index contributed by atoms with van der Waals surface area (Å²) in [7, 11) is 0. The fourth-order valence-electron chi connectivity index (χ4n) is 1.81. The normalized spacial score (nSPS) is 10.5. The van der Waals surface area contributed by atoms with Crippen molar-refractivity contribution in [2.45, 2.75) is 6.92 Å². The van der Waals surface area contributed by atoms with E-state index >= 15 is 0 Å². The van der Waals surface area contributed by atoms with Crippen molar-refractivity contribution in [1.82, 2.24) is 0 Å². The molecule has 2 aromatic carbocycles. The van der Waals surface area contributed by atoms with Crippen molar-refractivity contribution in [2.24, 2.45) is 0 Å². The topological polar surface area (TPSA) is 55.1 Å². The van der Waals surface area contributed by atoms with Crippen LogP contribution in [0.25, 0.3) is 0 Å². The molecule has 110 valence electrons. The zero-order valence-electron chi connectivity index (χ0n) is 10.8. The molecule has 3 N–H and O–H groups in total. The lowest BCUT2D eigenvalue weighted by Gasteiger charge is -2.12. The Bertz CT molecular complexity index is 688. The largest absolute Gasteiger partial charge is 0.397 e. The minimum atomic E-state index is -1.62. The zero-order chi connectivity index (χ0) is 15.7. The van der Waals surface area contributed by atoms with Gasteiger partial charge in [0, 0.05) is 10.0 Å². The number of nitrogen functional groups attached to an aromatic ring is 1. The van der Waals surface area contributed by atoms with E-state index in [1.807, 2.05) is 0 Å². The van der Waals surface area contributed by atoms with Gasteiger partial charge >= 0.3 is 0 Å². The van der Waals surface area contributed by atoms with Crippen LogP contribution in [0.3, 0.4) is 0 Å². The summed E-state index contributed by atoms with van der Waals surface area (Å²) in [5.41, 5.74) is 6.72. The highest BCUT2D eigenvalue weighted by molar-refractivity contribution is 9.10. The fourth-order valence-corrected chi connectivity index (χ4v) is 2.40. The average molecular weight is 359 g/mol. The van der Waals surface area contributed by atoms with Crippen molar-refractivity contribution >= 4 is 33.2 Å². The second-order valence-corrected chi connectivity index (χ2v) is 5.31. The highest BCUT2D eigenvalue weighted by atomic mass is 79.9. The van der Waals surface area contributed by atoms with Crippen molar-refractivity contribution in [2.75, 3.05) is 11.1 Å². The number of hydrogen-bond donors (Lipinski definition) is 2. The van der Waals surface area contributed by atoms with Gasteiger partial charge in [0.2, 0.25) is 0 Å². The molecule has 0 heterocycles. The molecule has 0 aromatic heterocycles. The molecule has 0 saturated carbocycles. The van der Waals surface area contributed by atoms with Gasteiger partial charge < -0.3 is 11.1 Å². The van der Waals surface area contributed by atoms with Crippen molar-refractivity contribution in [3.63, 3.8) is 0 Å². The summed E-state index contributed by atoms with van der Waals surface area (Å²) >= 11 is 3.25. The van der Waals surface area contributed by atoms with E-state index < -0.39 is 23.4 Å². The number of anilines is 2. The van der Waals surface area contributed by atoms with Gasteiger partial charge in [0.1, 0.15) is 0 Å². The van der Waals surface area contributed by atoms with Gasteiger partial charge in [0.25, 0.3) is 5.91 Å². The van der Waals surface area contributed by atoms with Crippen LogP contribution in [0.15, 0.2) is 28.7 Å². The van der Waals surface area contributed by atoms with Gasteiger partial charge in [-0.05, 0) is 36.8 Å². The first-order valence-corrected chi connectivity index (χ1v) is 6.60. The van der Waals surface area contributed by atoms with Crippen LogP contribution in [0.1, 0.15) is 15.9 Å². The van der Waals surface area contributed by atoms with E-state index in [9.17, 15) is 18.0 Å². The molecule has 0 aliphatic carbocycles. The summed E-state index contributed by atoms with van der Waals surface area (Å²) < 4.78 is 39.8. The Morgan fingerprint density at radius 1 is 1.14 bits per heavy atom. The number of nitrogens with one attached hydrogen (secondary N) is 1. The Balaban J connectivity index is 2.35. The number of carbonyl (C=O) groups is 1. The number of hydrogen-bond acceptors (Lipinski definition) is 2. The Hall–Kier alpha value is -2.02. The van der Waals surface area contributed by atoms with Gasteiger partial charge in [0.15, 0.2) is 17.5 Å². The van der Waals surface area contributed by atoms with Crippen molar-refractivity contribution < 1.29 is 18.0 Å². The highest BCUT2D eigenvalue weighted by Crippen LogP contribution is 2.28. The van der Waals surface area contributed by atoms with Crippen molar-refractivity contribution in [3.8, 4) is 0 Å².